The second-order valence-corrected chi connectivity index (χ2v) is 5.13. The smallest absolute Gasteiger partial charge is 0.141 e. The minimum atomic E-state index is -0.511. The van der Waals surface area contributed by atoms with Gasteiger partial charge < -0.3 is 14.9 Å². The number of rotatable bonds is 4. The summed E-state index contributed by atoms with van der Waals surface area (Å²) in [6.07, 6.45) is -0.511. The Hall–Kier alpha value is -1.36. The lowest BCUT2D eigenvalue weighted by Gasteiger charge is -2.11. The first-order valence-corrected chi connectivity index (χ1v) is 6.74. The standard InChI is InChI=1S/C15H15BrO3/c1-10(18)12-5-6-15(14(16)8-12)19-13-4-2-3-11(7-13)9-17/h2-8,10,17-18H,9H2,1H3. The van der Waals surface area contributed by atoms with Gasteiger partial charge in [-0.05, 0) is 58.2 Å². The average Bonchev–Trinajstić information content (AvgIpc) is 2.41. The highest BCUT2D eigenvalue weighted by Crippen LogP contribution is 2.32. The predicted molar refractivity (Wildman–Crippen MR) is 77.2 cm³/mol. The van der Waals surface area contributed by atoms with Crippen LogP contribution in [0.1, 0.15) is 24.2 Å². The van der Waals surface area contributed by atoms with Crippen LogP contribution in [0, 0.1) is 0 Å². The molecule has 2 aromatic carbocycles. The Morgan fingerprint density at radius 2 is 2.00 bits per heavy atom. The van der Waals surface area contributed by atoms with Crippen LogP contribution >= 0.6 is 15.9 Å². The largest absolute Gasteiger partial charge is 0.456 e. The zero-order valence-corrected chi connectivity index (χ0v) is 12.1. The van der Waals surface area contributed by atoms with Gasteiger partial charge in [0.05, 0.1) is 17.2 Å². The Labute approximate surface area is 120 Å². The van der Waals surface area contributed by atoms with Crippen molar-refractivity contribution >= 4 is 15.9 Å². The zero-order valence-electron chi connectivity index (χ0n) is 10.5. The van der Waals surface area contributed by atoms with Gasteiger partial charge in [-0.15, -0.1) is 0 Å². The highest BCUT2D eigenvalue weighted by atomic mass is 79.9. The summed E-state index contributed by atoms with van der Waals surface area (Å²) in [7, 11) is 0. The molecule has 0 bridgehead atoms. The molecule has 2 N–H and O–H groups in total. The molecule has 0 spiro atoms. The number of ether oxygens (including phenoxy) is 1. The third kappa shape index (κ3) is 3.56. The summed E-state index contributed by atoms with van der Waals surface area (Å²) < 4.78 is 6.52. The maximum atomic E-state index is 9.51. The molecule has 0 saturated heterocycles. The van der Waals surface area contributed by atoms with E-state index in [0.717, 1.165) is 15.6 Å². The maximum absolute atomic E-state index is 9.51. The molecule has 0 aliphatic heterocycles. The van der Waals surface area contributed by atoms with Crippen LogP contribution < -0.4 is 4.74 Å². The summed E-state index contributed by atoms with van der Waals surface area (Å²) in [6.45, 7) is 1.70. The number of benzene rings is 2. The van der Waals surface area contributed by atoms with Gasteiger partial charge in [0.25, 0.3) is 0 Å². The molecule has 0 saturated carbocycles. The molecule has 0 amide bonds. The molecule has 0 fully saturated rings. The summed E-state index contributed by atoms with van der Waals surface area (Å²) in [4.78, 5) is 0. The summed E-state index contributed by atoms with van der Waals surface area (Å²) in [5.41, 5.74) is 1.62. The molecule has 1 atom stereocenters. The fourth-order valence-electron chi connectivity index (χ4n) is 1.69. The van der Waals surface area contributed by atoms with E-state index in [9.17, 15) is 5.11 Å². The van der Waals surface area contributed by atoms with Gasteiger partial charge >= 0.3 is 0 Å². The first-order chi connectivity index (χ1) is 9.10. The molecular weight excluding hydrogens is 308 g/mol. The number of hydrogen-bond donors (Lipinski definition) is 2. The van der Waals surface area contributed by atoms with Crippen molar-refractivity contribution in [2.45, 2.75) is 19.6 Å². The predicted octanol–water partition coefficient (Wildman–Crippen LogP) is 3.79. The topological polar surface area (TPSA) is 49.7 Å². The monoisotopic (exact) mass is 322 g/mol. The van der Waals surface area contributed by atoms with Gasteiger partial charge in [-0.2, -0.15) is 0 Å². The first kappa shape index (κ1) is 14.1. The Balaban J connectivity index is 2.23. The van der Waals surface area contributed by atoms with Crippen LogP contribution in [0.3, 0.4) is 0 Å². The molecule has 0 radical (unpaired) electrons. The number of aliphatic hydroxyl groups is 2. The van der Waals surface area contributed by atoms with Crippen LogP contribution in [0.2, 0.25) is 0 Å². The van der Waals surface area contributed by atoms with Gasteiger partial charge in [-0.25, -0.2) is 0 Å². The summed E-state index contributed by atoms with van der Waals surface area (Å²) >= 11 is 3.42. The van der Waals surface area contributed by atoms with Crippen molar-refractivity contribution in [3.63, 3.8) is 0 Å². The third-order valence-electron chi connectivity index (χ3n) is 2.75. The van der Waals surface area contributed by atoms with Gasteiger partial charge in [0.1, 0.15) is 11.5 Å². The van der Waals surface area contributed by atoms with E-state index in [1.54, 1.807) is 19.1 Å². The van der Waals surface area contributed by atoms with Crippen molar-refractivity contribution in [3.8, 4) is 11.5 Å². The van der Waals surface area contributed by atoms with E-state index in [1.165, 1.54) is 0 Å². The summed E-state index contributed by atoms with van der Waals surface area (Å²) in [6, 6.07) is 12.7. The molecule has 0 aliphatic rings. The van der Waals surface area contributed by atoms with Crippen molar-refractivity contribution < 1.29 is 14.9 Å². The van der Waals surface area contributed by atoms with Gasteiger partial charge in [0.2, 0.25) is 0 Å². The van der Waals surface area contributed by atoms with E-state index >= 15 is 0 Å². The fourth-order valence-corrected chi connectivity index (χ4v) is 2.17. The number of hydrogen-bond acceptors (Lipinski definition) is 3. The second-order valence-electron chi connectivity index (χ2n) is 4.27. The highest BCUT2D eigenvalue weighted by Gasteiger charge is 2.07. The van der Waals surface area contributed by atoms with Gasteiger partial charge in [-0.1, -0.05) is 18.2 Å². The maximum Gasteiger partial charge on any atom is 0.141 e. The van der Waals surface area contributed by atoms with Crippen molar-refractivity contribution in [1.82, 2.24) is 0 Å². The molecule has 100 valence electrons. The lowest BCUT2D eigenvalue weighted by atomic mass is 10.1. The van der Waals surface area contributed by atoms with Crippen molar-refractivity contribution in [3.05, 3.63) is 58.1 Å². The van der Waals surface area contributed by atoms with Crippen LogP contribution in [0.4, 0.5) is 0 Å². The van der Waals surface area contributed by atoms with Crippen LogP contribution in [0.25, 0.3) is 0 Å². The van der Waals surface area contributed by atoms with Gasteiger partial charge in [0.15, 0.2) is 0 Å². The molecule has 3 nitrogen and oxygen atoms in total. The minimum absolute atomic E-state index is 0.0145. The lowest BCUT2D eigenvalue weighted by Crippen LogP contribution is -1.93. The van der Waals surface area contributed by atoms with Crippen molar-refractivity contribution in [1.29, 1.82) is 0 Å². The molecule has 19 heavy (non-hydrogen) atoms. The number of aliphatic hydroxyl groups excluding tert-OH is 2. The normalized spacial score (nSPS) is 12.2. The van der Waals surface area contributed by atoms with Crippen LogP contribution in [-0.4, -0.2) is 10.2 Å². The molecule has 1 unspecified atom stereocenters. The van der Waals surface area contributed by atoms with Crippen molar-refractivity contribution in [2.75, 3.05) is 0 Å². The minimum Gasteiger partial charge on any atom is -0.456 e. The van der Waals surface area contributed by atoms with E-state index in [-0.39, 0.29) is 6.61 Å². The summed E-state index contributed by atoms with van der Waals surface area (Å²) in [5.74, 6) is 1.33. The van der Waals surface area contributed by atoms with Crippen LogP contribution in [0.5, 0.6) is 11.5 Å². The first-order valence-electron chi connectivity index (χ1n) is 5.95. The van der Waals surface area contributed by atoms with Gasteiger partial charge in [-0.3, -0.25) is 0 Å². The molecule has 2 aromatic rings. The van der Waals surface area contributed by atoms with E-state index in [1.807, 2.05) is 30.3 Å². The highest BCUT2D eigenvalue weighted by molar-refractivity contribution is 9.10. The number of halogens is 1. The second kappa shape index (κ2) is 6.19. The Morgan fingerprint density at radius 1 is 1.21 bits per heavy atom. The Morgan fingerprint density at radius 3 is 2.63 bits per heavy atom. The third-order valence-corrected chi connectivity index (χ3v) is 3.37. The van der Waals surface area contributed by atoms with Crippen LogP contribution in [0.15, 0.2) is 46.9 Å². The average molecular weight is 323 g/mol. The van der Waals surface area contributed by atoms with Gasteiger partial charge in [0, 0.05) is 0 Å². The quantitative estimate of drug-likeness (QED) is 0.900. The Kier molecular flexibility index (Phi) is 4.58. The van der Waals surface area contributed by atoms with Crippen molar-refractivity contribution in [2.24, 2.45) is 0 Å². The molecular formula is C15H15BrO3. The van der Waals surface area contributed by atoms with Crippen LogP contribution in [-0.2, 0) is 6.61 Å². The molecule has 0 aliphatic carbocycles. The fraction of sp³-hybridized carbons (Fsp3) is 0.200. The van der Waals surface area contributed by atoms with E-state index in [0.29, 0.717) is 11.5 Å². The molecule has 0 aromatic heterocycles. The van der Waals surface area contributed by atoms with E-state index in [4.69, 9.17) is 9.84 Å². The Bertz CT molecular complexity index is 567. The zero-order chi connectivity index (χ0) is 13.8. The van der Waals surface area contributed by atoms with E-state index < -0.39 is 6.10 Å². The van der Waals surface area contributed by atoms with E-state index in [2.05, 4.69) is 15.9 Å². The molecule has 0 heterocycles. The lowest BCUT2D eigenvalue weighted by molar-refractivity contribution is 0.199. The SMILES string of the molecule is CC(O)c1ccc(Oc2cccc(CO)c2)c(Br)c1. The molecule has 2 rings (SSSR count). The molecule has 4 heteroatoms. The summed E-state index contributed by atoms with van der Waals surface area (Å²) in [5, 5.41) is 18.6.